The molecule has 0 aliphatic heterocycles. The van der Waals surface area contributed by atoms with E-state index in [-0.39, 0.29) is 0 Å². The van der Waals surface area contributed by atoms with E-state index in [1.165, 1.54) is 16.6 Å². The first-order chi connectivity index (χ1) is 7.42. The van der Waals surface area contributed by atoms with Crippen LogP contribution in [0.2, 0.25) is 0 Å². The number of rotatable bonds is 2. The summed E-state index contributed by atoms with van der Waals surface area (Å²) in [4.78, 5) is 10.5. The first-order valence-corrected chi connectivity index (χ1v) is 4.96. The Hall–Kier alpha value is -2.03. The number of para-hydroxylation sites is 1. The van der Waals surface area contributed by atoms with E-state index >= 15 is 0 Å². The highest BCUT2D eigenvalue weighted by molar-refractivity contribution is 5.80. The molecule has 0 amide bonds. The lowest BCUT2D eigenvalue weighted by Crippen LogP contribution is -1.86. The lowest BCUT2D eigenvalue weighted by Gasteiger charge is -1.92. The van der Waals surface area contributed by atoms with E-state index in [2.05, 4.69) is 39.2 Å². The molecule has 3 aromatic rings. The van der Waals surface area contributed by atoms with Gasteiger partial charge in [0.15, 0.2) is 0 Å². The van der Waals surface area contributed by atoms with Crippen molar-refractivity contribution in [3.8, 4) is 0 Å². The molecule has 1 aromatic carbocycles. The molecule has 0 unspecified atom stereocenters. The molecule has 2 heterocycles. The maximum Gasteiger partial charge on any atom is 0.0921 e. The van der Waals surface area contributed by atoms with Gasteiger partial charge in [-0.25, -0.2) is 4.98 Å². The average Bonchev–Trinajstić information content (AvgIpc) is 2.86. The summed E-state index contributed by atoms with van der Waals surface area (Å²) >= 11 is 0. The van der Waals surface area contributed by atoms with Crippen LogP contribution in [0, 0.1) is 0 Å². The predicted molar refractivity (Wildman–Crippen MR) is 59.7 cm³/mol. The van der Waals surface area contributed by atoms with Gasteiger partial charge in [-0.05, 0) is 17.5 Å². The van der Waals surface area contributed by atoms with Crippen molar-refractivity contribution in [2.24, 2.45) is 0 Å². The molecule has 74 valence electrons. The Morgan fingerprint density at radius 1 is 1.13 bits per heavy atom. The van der Waals surface area contributed by atoms with Crippen molar-refractivity contribution in [3.05, 3.63) is 54.2 Å². The molecule has 0 saturated heterocycles. The van der Waals surface area contributed by atoms with Gasteiger partial charge in [0.05, 0.1) is 6.33 Å². The highest BCUT2D eigenvalue weighted by Gasteiger charge is 2.01. The van der Waals surface area contributed by atoms with Crippen molar-refractivity contribution in [2.45, 2.75) is 6.42 Å². The van der Waals surface area contributed by atoms with Crippen LogP contribution in [0.5, 0.6) is 0 Å². The van der Waals surface area contributed by atoms with E-state index in [0.717, 1.165) is 12.1 Å². The smallest absolute Gasteiger partial charge is 0.0921 e. The van der Waals surface area contributed by atoms with E-state index in [9.17, 15) is 0 Å². The molecule has 0 radical (unpaired) electrons. The van der Waals surface area contributed by atoms with Crippen LogP contribution in [0.4, 0.5) is 0 Å². The van der Waals surface area contributed by atoms with Crippen LogP contribution in [0.25, 0.3) is 10.9 Å². The fourth-order valence-electron chi connectivity index (χ4n) is 1.82. The van der Waals surface area contributed by atoms with Gasteiger partial charge in [0, 0.05) is 29.5 Å². The zero-order valence-electron chi connectivity index (χ0n) is 8.20. The highest BCUT2D eigenvalue weighted by Crippen LogP contribution is 2.16. The molecule has 2 N–H and O–H groups in total. The third-order valence-electron chi connectivity index (χ3n) is 2.52. The largest absolute Gasteiger partial charge is 0.358 e. The van der Waals surface area contributed by atoms with Crippen molar-refractivity contribution in [1.82, 2.24) is 15.0 Å². The van der Waals surface area contributed by atoms with Crippen LogP contribution in [0.15, 0.2) is 42.9 Å². The van der Waals surface area contributed by atoms with Crippen LogP contribution in [0.3, 0.4) is 0 Å². The molecule has 2 aromatic heterocycles. The molecule has 0 aliphatic carbocycles. The molecule has 0 bridgehead atoms. The standard InChI is InChI=1S/C12H11N3/c1-2-4-12-9(3-1)5-10(15-12)6-11-7-13-8-14-11/h1-5,7-8,15H,6H2,(H,13,14). The normalized spacial score (nSPS) is 10.9. The number of imidazole rings is 1. The first-order valence-electron chi connectivity index (χ1n) is 4.96. The van der Waals surface area contributed by atoms with Gasteiger partial charge < -0.3 is 9.97 Å². The fourth-order valence-corrected chi connectivity index (χ4v) is 1.82. The Morgan fingerprint density at radius 2 is 2.07 bits per heavy atom. The number of nitrogens with one attached hydrogen (secondary N) is 2. The SMILES string of the molecule is c1ccc2[nH]c(Cc3cnc[nH]3)cc2c1. The van der Waals surface area contributed by atoms with Crippen LogP contribution < -0.4 is 0 Å². The summed E-state index contributed by atoms with van der Waals surface area (Å²) in [6.07, 6.45) is 4.43. The minimum absolute atomic E-state index is 0.870. The molecule has 0 atom stereocenters. The van der Waals surface area contributed by atoms with Crippen molar-refractivity contribution in [3.63, 3.8) is 0 Å². The number of hydrogen-bond acceptors (Lipinski definition) is 1. The van der Waals surface area contributed by atoms with Crippen LogP contribution >= 0.6 is 0 Å². The molecule has 0 fully saturated rings. The second-order valence-electron chi connectivity index (χ2n) is 3.64. The molecule has 0 spiro atoms. The molecule has 3 nitrogen and oxygen atoms in total. The third-order valence-corrected chi connectivity index (χ3v) is 2.52. The molecular formula is C12H11N3. The van der Waals surface area contributed by atoms with Gasteiger partial charge in [0.25, 0.3) is 0 Å². The lowest BCUT2D eigenvalue weighted by atomic mass is 10.2. The monoisotopic (exact) mass is 197 g/mol. The van der Waals surface area contributed by atoms with Gasteiger partial charge in [-0.1, -0.05) is 18.2 Å². The van der Waals surface area contributed by atoms with E-state index in [1.54, 1.807) is 6.33 Å². The molecule has 15 heavy (non-hydrogen) atoms. The molecule has 3 rings (SSSR count). The molecular weight excluding hydrogens is 186 g/mol. The second kappa shape index (κ2) is 3.28. The Balaban J connectivity index is 1.98. The van der Waals surface area contributed by atoms with E-state index in [4.69, 9.17) is 0 Å². The Kier molecular flexibility index (Phi) is 1.81. The van der Waals surface area contributed by atoms with Crippen molar-refractivity contribution >= 4 is 10.9 Å². The second-order valence-corrected chi connectivity index (χ2v) is 3.64. The topological polar surface area (TPSA) is 44.5 Å². The van der Waals surface area contributed by atoms with E-state index < -0.39 is 0 Å². The number of nitrogens with zero attached hydrogens (tertiary/aromatic N) is 1. The minimum Gasteiger partial charge on any atom is -0.358 e. The van der Waals surface area contributed by atoms with Gasteiger partial charge in [-0.3, -0.25) is 0 Å². The fraction of sp³-hybridized carbons (Fsp3) is 0.0833. The van der Waals surface area contributed by atoms with Gasteiger partial charge in [-0.2, -0.15) is 0 Å². The lowest BCUT2D eigenvalue weighted by molar-refractivity contribution is 1.06. The van der Waals surface area contributed by atoms with Gasteiger partial charge in [-0.15, -0.1) is 0 Å². The number of hydrogen-bond donors (Lipinski definition) is 2. The highest BCUT2D eigenvalue weighted by atomic mass is 14.9. The molecule has 0 saturated carbocycles. The summed E-state index contributed by atoms with van der Waals surface area (Å²) in [5.74, 6) is 0. The molecule has 0 aliphatic rings. The summed E-state index contributed by atoms with van der Waals surface area (Å²) in [6, 6.07) is 10.5. The summed E-state index contributed by atoms with van der Waals surface area (Å²) in [5.41, 5.74) is 3.52. The summed E-state index contributed by atoms with van der Waals surface area (Å²) in [5, 5.41) is 1.26. The first kappa shape index (κ1) is 8.29. The van der Waals surface area contributed by atoms with Crippen molar-refractivity contribution in [2.75, 3.05) is 0 Å². The van der Waals surface area contributed by atoms with E-state index in [0.29, 0.717) is 0 Å². The van der Waals surface area contributed by atoms with Crippen LogP contribution in [0.1, 0.15) is 11.4 Å². The summed E-state index contributed by atoms with van der Waals surface area (Å²) in [7, 11) is 0. The number of fused-ring (bicyclic) bond motifs is 1. The summed E-state index contributed by atoms with van der Waals surface area (Å²) in [6.45, 7) is 0. The van der Waals surface area contributed by atoms with Crippen LogP contribution in [-0.4, -0.2) is 15.0 Å². The average molecular weight is 197 g/mol. The Labute approximate surface area is 87.2 Å². The van der Waals surface area contributed by atoms with Crippen LogP contribution in [-0.2, 0) is 6.42 Å². The zero-order chi connectivity index (χ0) is 10.1. The maximum absolute atomic E-state index is 4.00. The number of H-pyrrole nitrogens is 2. The van der Waals surface area contributed by atoms with Gasteiger partial charge in [0.1, 0.15) is 0 Å². The molecule has 3 heteroatoms. The number of aromatic nitrogens is 3. The van der Waals surface area contributed by atoms with E-state index in [1.807, 2.05) is 12.3 Å². The maximum atomic E-state index is 4.00. The third kappa shape index (κ3) is 1.52. The van der Waals surface area contributed by atoms with Crippen molar-refractivity contribution < 1.29 is 0 Å². The quantitative estimate of drug-likeness (QED) is 0.651. The minimum atomic E-state index is 0.870. The number of benzene rings is 1. The van der Waals surface area contributed by atoms with Gasteiger partial charge in [0.2, 0.25) is 0 Å². The number of aromatic amines is 2. The van der Waals surface area contributed by atoms with Gasteiger partial charge >= 0.3 is 0 Å². The Bertz CT molecular complexity index is 530. The summed E-state index contributed by atoms with van der Waals surface area (Å²) < 4.78 is 0. The predicted octanol–water partition coefficient (Wildman–Crippen LogP) is 2.48. The Morgan fingerprint density at radius 3 is 2.87 bits per heavy atom. The zero-order valence-corrected chi connectivity index (χ0v) is 8.20. The van der Waals surface area contributed by atoms with Crippen molar-refractivity contribution in [1.29, 1.82) is 0 Å².